The molecule has 0 amide bonds. The van der Waals surface area contributed by atoms with E-state index in [0.29, 0.717) is 0 Å². The number of hydrogen-bond acceptors (Lipinski definition) is 3. The Hall–Kier alpha value is 0.330. The first-order chi connectivity index (χ1) is 7.41. The lowest BCUT2D eigenvalue weighted by Crippen LogP contribution is -1.66. The Kier molecular flexibility index (Phi) is 18.4. The number of hydrogen-bond donors (Lipinski definition) is 9. The van der Waals surface area contributed by atoms with E-state index in [9.17, 15) is 0 Å². The highest BCUT2D eigenvalue weighted by molar-refractivity contribution is 7.45. The van der Waals surface area contributed by atoms with E-state index in [0.717, 1.165) is 0 Å². The molecule has 0 spiro atoms. The highest BCUT2D eigenvalue weighted by Crippen LogP contribution is 2.26. The first kappa shape index (κ1) is 26.8. The van der Waals surface area contributed by atoms with Gasteiger partial charge < -0.3 is 44.0 Å². The maximum absolute atomic E-state index is 8.88. The zero-order valence-corrected chi connectivity index (χ0v) is 12.0. The Morgan fingerprint density at radius 2 is 0.556 bits per heavy atom. The highest BCUT2D eigenvalue weighted by atomic mass is 31.2. The summed E-state index contributed by atoms with van der Waals surface area (Å²) >= 11 is 0. The van der Waals surface area contributed by atoms with Crippen LogP contribution in [0.1, 0.15) is 20.3 Å². The molecule has 0 heterocycles. The third-order valence-electron chi connectivity index (χ3n) is 0. The van der Waals surface area contributed by atoms with Gasteiger partial charge in [0.05, 0.1) is 0 Å². The molecule has 0 aromatic carbocycles. The second-order valence-corrected chi connectivity index (χ2v) is 5.33. The van der Waals surface area contributed by atoms with Gasteiger partial charge in [0.1, 0.15) is 0 Å². The van der Waals surface area contributed by atoms with Crippen molar-refractivity contribution in [2.45, 2.75) is 20.3 Å². The quantitative estimate of drug-likeness (QED) is 0.233. The monoisotopic (exact) mass is 338 g/mol. The van der Waals surface area contributed by atoms with E-state index in [1.54, 1.807) is 0 Å². The van der Waals surface area contributed by atoms with Crippen LogP contribution in [0.15, 0.2) is 0 Å². The van der Waals surface area contributed by atoms with Gasteiger partial charge >= 0.3 is 23.5 Å². The molecule has 0 atom stereocenters. The van der Waals surface area contributed by atoms with Crippen molar-refractivity contribution in [3.8, 4) is 0 Å². The van der Waals surface area contributed by atoms with Crippen LogP contribution >= 0.6 is 23.5 Å². The third kappa shape index (κ3) is 35200. The lowest BCUT2D eigenvalue weighted by atomic mass is 10.6. The third-order valence-corrected chi connectivity index (χ3v) is 0. The number of rotatable bonds is 0. The molecule has 9 N–H and O–H groups in total. The van der Waals surface area contributed by atoms with E-state index in [4.69, 9.17) is 57.7 Å². The summed E-state index contributed by atoms with van der Waals surface area (Å²) in [7, 11) is -13.9. The Labute approximate surface area is 102 Å². The van der Waals surface area contributed by atoms with E-state index in [1.807, 2.05) is 0 Å². The van der Waals surface area contributed by atoms with Gasteiger partial charge in [-0.1, -0.05) is 20.3 Å². The molecule has 0 saturated carbocycles. The van der Waals surface area contributed by atoms with Gasteiger partial charge in [0.25, 0.3) is 0 Å². The summed E-state index contributed by atoms with van der Waals surface area (Å²) in [4.78, 5) is 64.7. The molecule has 0 unspecified atom stereocenters. The molecule has 0 bridgehead atoms. The van der Waals surface area contributed by atoms with E-state index >= 15 is 0 Å². The van der Waals surface area contributed by atoms with Gasteiger partial charge in [-0.2, -0.15) is 0 Å². The van der Waals surface area contributed by atoms with E-state index < -0.39 is 23.5 Å². The summed E-state index contributed by atoms with van der Waals surface area (Å²) in [6.45, 7) is 4.25. The Morgan fingerprint density at radius 1 is 0.556 bits per heavy atom. The Morgan fingerprint density at radius 3 is 0.556 bits per heavy atom. The second kappa shape index (κ2) is 12.4. The summed E-state index contributed by atoms with van der Waals surface area (Å²) < 4.78 is 26.6. The van der Waals surface area contributed by atoms with Crippen LogP contribution in [0.25, 0.3) is 0 Å². The van der Waals surface area contributed by atoms with Crippen LogP contribution in [-0.2, 0) is 13.7 Å². The van der Waals surface area contributed by atoms with Crippen molar-refractivity contribution in [1.82, 2.24) is 0 Å². The van der Waals surface area contributed by atoms with E-state index in [1.165, 1.54) is 6.42 Å². The Bertz CT molecular complexity index is 221. The van der Waals surface area contributed by atoms with Crippen LogP contribution < -0.4 is 0 Å². The Balaban J connectivity index is -0.0000000739. The van der Waals surface area contributed by atoms with Gasteiger partial charge in [-0.05, 0) is 0 Å². The van der Waals surface area contributed by atoms with E-state index in [2.05, 4.69) is 13.8 Å². The first-order valence-electron chi connectivity index (χ1n) is 3.76. The molecule has 0 fully saturated rings. The summed E-state index contributed by atoms with van der Waals surface area (Å²) in [5.74, 6) is 0. The largest absolute Gasteiger partial charge is 0.466 e. The predicted molar refractivity (Wildman–Crippen MR) is 58.8 cm³/mol. The molecular weight excluding hydrogens is 321 g/mol. The summed E-state index contributed by atoms with van der Waals surface area (Å²) in [6, 6.07) is 0. The standard InChI is InChI=1S/C3H8.3H3O4P/c1-3-2;3*1-5(2,3)4/h3H2,1-2H3;3*(H3,1,2,3,4). The van der Waals surface area contributed by atoms with Gasteiger partial charge in [-0.3, -0.25) is 0 Å². The van der Waals surface area contributed by atoms with Crippen LogP contribution in [0, 0.1) is 0 Å². The van der Waals surface area contributed by atoms with Crippen molar-refractivity contribution < 1.29 is 57.7 Å². The molecular formula is C3H17O12P3. The van der Waals surface area contributed by atoms with Crippen LogP contribution in [0.3, 0.4) is 0 Å². The summed E-state index contributed by atoms with van der Waals surface area (Å²) in [5.41, 5.74) is 0. The van der Waals surface area contributed by atoms with Crippen LogP contribution in [0.2, 0.25) is 0 Å². The maximum atomic E-state index is 8.88. The molecule has 0 aliphatic heterocycles. The zero-order valence-electron chi connectivity index (χ0n) is 9.30. The zero-order chi connectivity index (χ0) is 16.2. The minimum atomic E-state index is -4.64. The van der Waals surface area contributed by atoms with Gasteiger partial charge in [-0.15, -0.1) is 0 Å². The fourth-order valence-electron chi connectivity index (χ4n) is 0. The first-order valence-corrected chi connectivity index (χ1v) is 8.46. The van der Waals surface area contributed by atoms with Crippen molar-refractivity contribution in [2.24, 2.45) is 0 Å². The van der Waals surface area contributed by atoms with Crippen molar-refractivity contribution >= 4 is 23.5 Å². The normalized spacial score (nSPS) is 10.8. The molecule has 0 aromatic rings. The SMILES string of the molecule is CCC.O=P(O)(O)O.O=P(O)(O)O.O=P(O)(O)O. The molecule has 12 nitrogen and oxygen atoms in total. The molecule has 0 aliphatic rings. The highest BCUT2D eigenvalue weighted by Gasteiger charge is 2.01. The van der Waals surface area contributed by atoms with Gasteiger partial charge in [0.2, 0.25) is 0 Å². The molecule has 0 aliphatic carbocycles. The minimum absolute atomic E-state index is 1.25. The van der Waals surface area contributed by atoms with Gasteiger partial charge in [0, 0.05) is 0 Å². The smallest absolute Gasteiger partial charge is 0.303 e. The van der Waals surface area contributed by atoms with Crippen LogP contribution in [-0.4, -0.2) is 44.0 Å². The van der Waals surface area contributed by atoms with Gasteiger partial charge in [0.15, 0.2) is 0 Å². The van der Waals surface area contributed by atoms with Gasteiger partial charge in [-0.25, -0.2) is 13.7 Å². The minimum Gasteiger partial charge on any atom is -0.303 e. The second-order valence-electron chi connectivity index (χ2n) is 2.25. The molecule has 0 radical (unpaired) electrons. The average Bonchev–Trinajstić information content (AvgIpc) is 1.71. The van der Waals surface area contributed by atoms with Crippen molar-refractivity contribution in [2.75, 3.05) is 0 Å². The molecule has 18 heavy (non-hydrogen) atoms. The fraction of sp³-hybridized carbons (Fsp3) is 1.00. The fourth-order valence-corrected chi connectivity index (χ4v) is 0. The lowest BCUT2D eigenvalue weighted by Gasteiger charge is -1.82. The summed E-state index contributed by atoms with van der Waals surface area (Å²) in [6.07, 6.45) is 1.25. The van der Waals surface area contributed by atoms with E-state index in [-0.39, 0.29) is 0 Å². The number of phosphoric acid groups is 3. The lowest BCUT2D eigenvalue weighted by molar-refractivity contribution is 0.272. The topological polar surface area (TPSA) is 233 Å². The predicted octanol–water partition coefficient (Wildman–Crippen LogP) is -1.37. The maximum Gasteiger partial charge on any atom is 0.466 e. The van der Waals surface area contributed by atoms with Crippen LogP contribution in [0.5, 0.6) is 0 Å². The van der Waals surface area contributed by atoms with Crippen molar-refractivity contribution in [1.29, 1.82) is 0 Å². The summed E-state index contributed by atoms with van der Waals surface area (Å²) in [5, 5.41) is 0. The molecule has 0 rings (SSSR count). The molecule has 0 saturated heterocycles. The van der Waals surface area contributed by atoms with Crippen LogP contribution in [0.4, 0.5) is 0 Å². The van der Waals surface area contributed by atoms with Crippen molar-refractivity contribution in [3.05, 3.63) is 0 Å². The molecule has 15 heteroatoms. The van der Waals surface area contributed by atoms with Crippen molar-refractivity contribution in [3.63, 3.8) is 0 Å². The molecule has 0 aromatic heterocycles. The molecule has 116 valence electrons. The average molecular weight is 338 g/mol.